The van der Waals surface area contributed by atoms with E-state index in [0.29, 0.717) is 33.1 Å². The summed E-state index contributed by atoms with van der Waals surface area (Å²) in [5.74, 6) is -0.0223. The molecule has 3 aromatic rings. The van der Waals surface area contributed by atoms with Crippen LogP contribution in [0.25, 0.3) is 0 Å². The number of aryl methyl sites for hydroxylation is 1. The molecule has 0 aliphatic rings. The lowest BCUT2D eigenvalue weighted by molar-refractivity contribution is -0.384. The average Bonchev–Trinajstić information content (AvgIpc) is 2.69. The van der Waals surface area contributed by atoms with Crippen LogP contribution in [0, 0.1) is 17.0 Å². The summed E-state index contributed by atoms with van der Waals surface area (Å²) in [6.45, 7) is 1.83. The molecule has 0 spiro atoms. The van der Waals surface area contributed by atoms with Crippen LogP contribution >= 0.6 is 11.6 Å². The van der Waals surface area contributed by atoms with Crippen LogP contribution in [0.1, 0.15) is 21.5 Å². The van der Waals surface area contributed by atoms with Crippen molar-refractivity contribution in [2.24, 2.45) is 5.73 Å². The Hall–Kier alpha value is -3.72. The molecule has 1 heterocycles. The zero-order chi connectivity index (χ0) is 21.0. The molecule has 0 radical (unpaired) electrons. The maximum atomic E-state index is 11.3. The van der Waals surface area contributed by atoms with Gasteiger partial charge in [-0.2, -0.15) is 0 Å². The molecule has 0 fully saturated rings. The standard InChI is InChI=1S/C19H16ClN5O4/c1-11-3-2-4-16(25(27)28)17(11)24-19-22-8-14(9-23-19)29-10-13-7-12(18(21)26)5-6-15(13)20/h2-9H,10H2,1H3,(H2,21,26)(H,22,23,24). The molecule has 1 amide bonds. The number of halogens is 1. The molecular weight excluding hydrogens is 398 g/mol. The highest BCUT2D eigenvalue weighted by Gasteiger charge is 2.16. The van der Waals surface area contributed by atoms with E-state index in [1.165, 1.54) is 24.5 Å². The number of nitrogens with one attached hydrogen (secondary N) is 1. The van der Waals surface area contributed by atoms with Crippen molar-refractivity contribution in [2.75, 3.05) is 5.32 Å². The van der Waals surface area contributed by atoms with Gasteiger partial charge in [-0.1, -0.05) is 23.7 Å². The van der Waals surface area contributed by atoms with Crippen LogP contribution < -0.4 is 15.8 Å². The van der Waals surface area contributed by atoms with Crippen molar-refractivity contribution in [3.05, 3.63) is 80.6 Å². The van der Waals surface area contributed by atoms with E-state index in [1.54, 1.807) is 31.2 Å². The Morgan fingerprint density at radius 1 is 1.28 bits per heavy atom. The number of nitro benzene ring substituents is 1. The molecule has 0 bridgehead atoms. The maximum Gasteiger partial charge on any atom is 0.293 e. The Bertz CT molecular complexity index is 1070. The summed E-state index contributed by atoms with van der Waals surface area (Å²) < 4.78 is 5.60. The number of aromatic nitrogens is 2. The number of carbonyl (C=O) groups excluding carboxylic acids is 1. The zero-order valence-electron chi connectivity index (χ0n) is 15.3. The molecule has 0 aliphatic heterocycles. The highest BCUT2D eigenvalue weighted by atomic mass is 35.5. The SMILES string of the molecule is Cc1cccc([N+](=O)[O-])c1Nc1ncc(OCc2cc(C(N)=O)ccc2Cl)cn1. The summed E-state index contributed by atoms with van der Waals surface area (Å²) in [4.78, 5) is 30.2. The van der Waals surface area contributed by atoms with E-state index < -0.39 is 10.8 Å². The number of rotatable bonds is 7. The first-order chi connectivity index (χ1) is 13.8. The summed E-state index contributed by atoms with van der Waals surface area (Å²) in [5.41, 5.74) is 7.11. The quantitative estimate of drug-likeness (QED) is 0.444. The smallest absolute Gasteiger partial charge is 0.293 e. The Morgan fingerprint density at radius 2 is 2.00 bits per heavy atom. The lowest BCUT2D eigenvalue weighted by Gasteiger charge is -2.10. The van der Waals surface area contributed by atoms with Gasteiger partial charge in [0.1, 0.15) is 12.3 Å². The number of nitrogens with two attached hydrogens (primary N) is 1. The normalized spacial score (nSPS) is 10.4. The van der Waals surface area contributed by atoms with Gasteiger partial charge >= 0.3 is 0 Å². The Morgan fingerprint density at radius 3 is 2.66 bits per heavy atom. The molecule has 9 nitrogen and oxygen atoms in total. The van der Waals surface area contributed by atoms with Crippen LogP contribution in [0.2, 0.25) is 5.02 Å². The number of hydrogen-bond acceptors (Lipinski definition) is 7. The number of amides is 1. The van der Waals surface area contributed by atoms with Gasteiger partial charge in [-0.3, -0.25) is 14.9 Å². The summed E-state index contributed by atoms with van der Waals surface area (Å²) in [6.07, 6.45) is 2.84. The third kappa shape index (κ3) is 4.77. The molecule has 0 saturated carbocycles. The molecule has 0 atom stereocenters. The van der Waals surface area contributed by atoms with Gasteiger partial charge in [0.05, 0.1) is 17.3 Å². The highest BCUT2D eigenvalue weighted by Crippen LogP contribution is 2.29. The first kappa shape index (κ1) is 20.0. The minimum absolute atomic E-state index is 0.0714. The van der Waals surface area contributed by atoms with Gasteiger partial charge in [-0.05, 0) is 30.7 Å². The van der Waals surface area contributed by atoms with E-state index in [-0.39, 0.29) is 18.2 Å². The number of carbonyl (C=O) groups is 1. The minimum Gasteiger partial charge on any atom is -0.486 e. The molecule has 2 aromatic carbocycles. The predicted octanol–water partition coefficient (Wildman–Crippen LogP) is 3.77. The molecule has 3 rings (SSSR count). The van der Waals surface area contributed by atoms with Crippen LogP contribution in [0.3, 0.4) is 0 Å². The number of nitrogens with zero attached hydrogens (tertiary/aromatic N) is 3. The minimum atomic E-state index is -0.563. The fraction of sp³-hybridized carbons (Fsp3) is 0.105. The van der Waals surface area contributed by atoms with Gasteiger partial charge in [0.25, 0.3) is 5.69 Å². The summed E-state index contributed by atoms with van der Waals surface area (Å²) >= 11 is 6.11. The molecule has 0 saturated heterocycles. The van der Waals surface area contributed by atoms with E-state index in [1.807, 2.05) is 0 Å². The van der Waals surface area contributed by atoms with E-state index in [2.05, 4.69) is 15.3 Å². The Balaban J connectivity index is 1.71. The third-order valence-electron chi connectivity index (χ3n) is 4.04. The predicted molar refractivity (Wildman–Crippen MR) is 107 cm³/mol. The number of primary amides is 1. The average molecular weight is 414 g/mol. The molecule has 10 heteroatoms. The van der Waals surface area contributed by atoms with Crippen molar-refractivity contribution in [3.63, 3.8) is 0 Å². The topological polar surface area (TPSA) is 133 Å². The van der Waals surface area contributed by atoms with Crippen molar-refractivity contribution in [3.8, 4) is 5.75 Å². The van der Waals surface area contributed by atoms with Crippen molar-refractivity contribution in [2.45, 2.75) is 13.5 Å². The second-order valence-corrected chi connectivity index (χ2v) is 6.46. The van der Waals surface area contributed by atoms with Crippen LogP contribution in [-0.4, -0.2) is 20.8 Å². The Kier molecular flexibility index (Phi) is 5.89. The van der Waals surface area contributed by atoms with Gasteiger partial charge in [-0.25, -0.2) is 9.97 Å². The molecule has 0 aliphatic carbocycles. The highest BCUT2D eigenvalue weighted by molar-refractivity contribution is 6.31. The summed E-state index contributed by atoms with van der Waals surface area (Å²) in [6, 6.07) is 9.41. The van der Waals surface area contributed by atoms with Crippen molar-refractivity contribution < 1.29 is 14.5 Å². The van der Waals surface area contributed by atoms with E-state index in [9.17, 15) is 14.9 Å². The summed E-state index contributed by atoms with van der Waals surface area (Å²) in [5, 5.41) is 14.5. The lowest BCUT2D eigenvalue weighted by Crippen LogP contribution is -2.11. The monoisotopic (exact) mass is 413 g/mol. The van der Waals surface area contributed by atoms with Gasteiger partial charge in [0.15, 0.2) is 5.75 Å². The number of ether oxygens (including phenoxy) is 1. The fourth-order valence-corrected chi connectivity index (χ4v) is 2.71. The molecule has 0 unspecified atom stereocenters. The molecule has 148 valence electrons. The number of hydrogen-bond donors (Lipinski definition) is 2. The third-order valence-corrected chi connectivity index (χ3v) is 4.41. The van der Waals surface area contributed by atoms with Crippen LogP contribution in [0.5, 0.6) is 5.75 Å². The summed E-state index contributed by atoms with van der Waals surface area (Å²) in [7, 11) is 0. The van der Waals surface area contributed by atoms with Gasteiger partial charge in [0, 0.05) is 22.2 Å². The first-order valence-corrected chi connectivity index (χ1v) is 8.77. The van der Waals surface area contributed by atoms with Crippen LogP contribution in [0.4, 0.5) is 17.3 Å². The number of anilines is 2. The fourth-order valence-electron chi connectivity index (χ4n) is 2.53. The van der Waals surface area contributed by atoms with Crippen molar-refractivity contribution in [1.29, 1.82) is 0 Å². The van der Waals surface area contributed by atoms with E-state index in [4.69, 9.17) is 22.1 Å². The second kappa shape index (κ2) is 8.53. The maximum absolute atomic E-state index is 11.3. The van der Waals surface area contributed by atoms with Gasteiger partial charge < -0.3 is 15.8 Å². The number of nitro groups is 1. The lowest BCUT2D eigenvalue weighted by atomic mass is 10.1. The second-order valence-electron chi connectivity index (χ2n) is 6.05. The number of para-hydroxylation sites is 1. The van der Waals surface area contributed by atoms with E-state index >= 15 is 0 Å². The van der Waals surface area contributed by atoms with Crippen molar-refractivity contribution >= 4 is 34.8 Å². The van der Waals surface area contributed by atoms with Gasteiger partial charge in [-0.15, -0.1) is 0 Å². The molecular formula is C19H16ClN5O4. The molecule has 29 heavy (non-hydrogen) atoms. The van der Waals surface area contributed by atoms with Crippen molar-refractivity contribution in [1.82, 2.24) is 9.97 Å². The zero-order valence-corrected chi connectivity index (χ0v) is 16.0. The van der Waals surface area contributed by atoms with Crippen LogP contribution in [0.15, 0.2) is 48.8 Å². The van der Waals surface area contributed by atoms with E-state index in [0.717, 1.165) is 0 Å². The first-order valence-electron chi connectivity index (χ1n) is 8.39. The van der Waals surface area contributed by atoms with Gasteiger partial charge in [0.2, 0.25) is 11.9 Å². The molecule has 3 N–H and O–H groups in total. The number of benzene rings is 2. The van der Waals surface area contributed by atoms with Crippen LogP contribution in [-0.2, 0) is 6.61 Å². The Labute approximate surface area is 170 Å². The molecule has 1 aromatic heterocycles. The largest absolute Gasteiger partial charge is 0.486 e.